The van der Waals surface area contributed by atoms with Crippen molar-refractivity contribution in [3.63, 3.8) is 0 Å². The Labute approximate surface area is 149 Å². The van der Waals surface area contributed by atoms with Crippen molar-refractivity contribution in [2.24, 2.45) is 0 Å². The molecule has 0 unspecified atom stereocenters. The minimum Gasteiger partial charge on any atom is -0.395 e. The van der Waals surface area contributed by atoms with Crippen molar-refractivity contribution in [1.82, 2.24) is 10.3 Å². The molecule has 1 heterocycles. The van der Waals surface area contributed by atoms with Gasteiger partial charge in [-0.05, 0) is 28.4 Å². The quantitative estimate of drug-likeness (QED) is 0.465. The second-order valence-electron chi connectivity index (χ2n) is 5.82. The number of nitrogens with zero attached hydrogens (tertiary/aromatic N) is 4. The molecule has 0 bridgehead atoms. The van der Waals surface area contributed by atoms with Gasteiger partial charge in [-0.2, -0.15) is 0 Å². The highest BCUT2D eigenvalue weighted by Crippen LogP contribution is 2.38. The first-order valence-corrected chi connectivity index (χ1v) is 8.15. The van der Waals surface area contributed by atoms with Crippen LogP contribution in [-0.2, 0) is 6.42 Å². The van der Waals surface area contributed by atoms with E-state index in [0.717, 1.165) is 6.42 Å². The van der Waals surface area contributed by atoms with E-state index >= 15 is 0 Å². The molecule has 9 nitrogen and oxygen atoms in total. The molecule has 26 heavy (non-hydrogen) atoms. The minimum atomic E-state index is -0.510. The zero-order valence-corrected chi connectivity index (χ0v) is 14.3. The molecule has 9 heteroatoms. The second kappa shape index (κ2) is 7.79. The van der Waals surface area contributed by atoms with Crippen LogP contribution in [0.4, 0.5) is 17.1 Å². The monoisotopic (exact) mass is 357 g/mol. The standard InChI is InChI=1S/C17H19N5O4/c1-21(9-10-23)14-11-13(18-8-7-12-5-3-2-4-6-12)15-16(20-26-19-15)17(14)22(24)25/h2-6,11,18,23H,7-10H2,1H3. The third kappa shape index (κ3) is 3.57. The molecular weight excluding hydrogens is 338 g/mol. The topological polar surface area (TPSA) is 118 Å². The summed E-state index contributed by atoms with van der Waals surface area (Å²) in [7, 11) is 1.67. The highest BCUT2D eigenvalue weighted by atomic mass is 16.6. The lowest BCUT2D eigenvalue weighted by Gasteiger charge is -2.19. The maximum atomic E-state index is 11.5. The average Bonchev–Trinajstić information content (AvgIpc) is 3.11. The van der Waals surface area contributed by atoms with Crippen molar-refractivity contribution >= 4 is 28.1 Å². The van der Waals surface area contributed by atoms with Crippen LogP contribution < -0.4 is 10.2 Å². The fourth-order valence-corrected chi connectivity index (χ4v) is 2.78. The minimum absolute atomic E-state index is 0.0829. The Bertz CT molecular complexity index is 897. The molecule has 0 aliphatic heterocycles. The average molecular weight is 357 g/mol. The number of benzene rings is 2. The van der Waals surface area contributed by atoms with E-state index in [1.54, 1.807) is 18.0 Å². The third-order valence-electron chi connectivity index (χ3n) is 4.09. The van der Waals surface area contributed by atoms with Crippen LogP contribution in [0, 0.1) is 10.1 Å². The van der Waals surface area contributed by atoms with Crippen molar-refractivity contribution in [2.45, 2.75) is 6.42 Å². The van der Waals surface area contributed by atoms with Crippen molar-refractivity contribution < 1.29 is 14.7 Å². The summed E-state index contributed by atoms with van der Waals surface area (Å²) in [5.41, 5.74) is 2.32. The van der Waals surface area contributed by atoms with E-state index in [0.29, 0.717) is 23.4 Å². The Morgan fingerprint density at radius 2 is 2.00 bits per heavy atom. The van der Waals surface area contributed by atoms with E-state index in [1.165, 1.54) is 5.56 Å². The van der Waals surface area contributed by atoms with Crippen LogP contribution in [0.25, 0.3) is 11.0 Å². The number of hydrogen-bond acceptors (Lipinski definition) is 8. The fraction of sp³-hybridized carbons (Fsp3) is 0.294. The number of nitro benzene ring substituents is 1. The van der Waals surface area contributed by atoms with Crippen molar-refractivity contribution in [3.05, 3.63) is 52.1 Å². The summed E-state index contributed by atoms with van der Waals surface area (Å²) in [5.74, 6) is 0. The number of likely N-dealkylation sites (N-methyl/N-ethyl adjacent to an activating group) is 1. The van der Waals surface area contributed by atoms with E-state index in [4.69, 9.17) is 9.74 Å². The van der Waals surface area contributed by atoms with Gasteiger partial charge in [-0.25, -0.2) is 4.63 Å². The number of rotatable bonds is 8. The molecule has 2 N–H and O–H groups in total. The number of aliphatic hydroxyl groups excluding tert-OH is 1. The zero-order valence-electron chi connectivity index (χ0n) is 14.3. The molecule has 0 aliphatic carbocycles. The van der Waals surface area contributed by atoms with Crippen LogP contribution in [0.5, 0.6) is 0 Å². The molecule has 136 valence electrons. The van der Waals surface area contributed by atoms with Crippen LogP contribution >= 0.6 is 0 Å². The summed E-state index contributed by atoms with van der Waals surface area (Å²) in [6.07, 6.45) is 0.784. The lowest BCUT2D eigenvalue weighted by Crippen LogP contribution is -2.22. The number of aromatic nitrogens is 2. The van der Waals surface area contributed by atoms with Gasteiger partial charge >= 0.3 is 5.69 Å². The van der Waals surface area contributed by atoms with Gasteiger partial charge in [0.2, 0.25) is 5.52 Å². The van der Waals surface area contributed by atoms with E-state index in [2.05, 4.69) is 15.6 Å². The van der Waals surface area contributed by atoms with E-state index in [9.17, 15) is 10.1 Å². The lowest BCUT2D eigenvalue weighted by molar-refractivity contribution is -0.382. The molecule has 3 rings (SSSR count). The first-order chi connectivity index (χ1) is 12.6. The normalized spacial score (nSPS) is 10.8. The van der Waals surface area contributed by atoms with Gasteiger partial charge in [0, 0.05) is 20.1 Å². The predicted octanol–water partition coefficient (Wildman–Crippen LogP) is 2.21. The lowest BCUT2D eigenvalue weighted by atomic mass is 10.1. The summed E-state index contributed by atoms with van der Waals surface area (Å²) < 4.78 is 4.74. The van der Waals surface area contributed by atoms with Crippen LogP contribution in [0.3, 0.4) is 0 Å². The summed E-state index contributed by atoms with van der Waals surface area (Å²) >= 11 is 0. The van der Waals surface area contributed by atoms with Gasteiger partial charge in [0.15, 0.2) is 5.52 Å². The fourth-order valence-electron chi connectivity index (χ4n) is 2.78. The predicted molar refractivity (Wildman–Crippen MR) is 97.4 cm³/mol. The molecule has 3 aromatic rings. The highest BCUT2D eigenvalue weighted by molar-refractivity contribution is 5.99. The van der Waals surface area contributed by atoms with Gasteiger partial charge in [-0.15, -0.1) is 0 Å². The van der Waals surface area contributed by atoms with Gasteiger partial charge in [-0.3, -0.25) is 10.1 Å². The maximum absolute atomic E-state index is 11.5. The SMILES string of the molecule is CN(CCO)c1cc(NCCc2ccccc2)c2nonc2c1[N+](=O)[O-]. The van der Waals surface area contributed by atoms with Crippen molar-refractivity contribution in [2.75, 3.05) is 37.0 Å². The van der Waals surface area contributed by atoms with Crippen LogP contribution in [0.1, 0.15) is 5.56 Å². The Kier molecular flexibility index (Phi) is 5.28. The molecule has 0 aliphatic rings. The Morgan fingerprint density at radius 3 is 2.69 bits per heavy atom. The summed E-state index contributed by atoms with van der Waals surface area (Å²) in [5, 5.41) is 31.5. The molecule has 1 aromatic heterocycles. The maximum Gasteiger partial charge on any atom is 0.323 e. The van der Waals surface area contributed by atoms with E-state index in [-0.39, 0.29) is 24.4 Å². The summed E-state index contributed by atoms with van der Waals surface area (Å²) in [4.78, 5) is 12.6. The number of fused-ring (bicyclic) bond motifs is 1. The van der Waals surface area contributed by atoms with Crippen molar-refractivity contribution in [3.8, 4) is 0 Å². The van der Waals surface area contributed by atoms with Gasteiger partial charge in [0.1, 0.15) is 5.69 Å². The Hall–Kier alpha value is -3.20. The van der Waals surface area contributed by atoms with E-state index < -0.39 is 4.92 Å². The molecular formula is C17H19N5O4. The molecule has 0 spiro atoms. The number of hydrogen-bond donors (Lipinski definition) is 2. The molecule has 0 saturated carbocycles. The summed E-state index contributed by atoms with van der Waals surface area (Å²) in [6.45, 7) is 0.744. The van der Waals surface area contributed by atoms with Crippen LogP contribution in [0.15, 0.2) is 41.0 Å². The molecule has 0 fully saturated rings. The molecule has 0 atom stereocenters. The van der Waals surface area contributed by atoms with Gasteiger partial charge in [0.05, 0.1) is 17.2 Å². The highest BCUT2D eigenvalue weighted by Gasteiger charge is 2.27. The van der Waals surface area contributed by atoms with Gasteiger partial charge in [-0.1, -0.05) is 30.3 Å². The van der Waals surface area contributed by atoms with Crippen molar-refractivity contribution in [1.29, 1.82) is 0 Å². The molecule has 0 amide bonds. The smallest absolute Gasteiger partial charge is 0.323 e. The molecule has 2 aromatic carbocycles. The number of aliphatic hydroxyl groups is 1. The Morgan fingerprint density at radius 1 is 1.27 bits per heavy atom. The largest absolute Gasteiger partial charge is 0.395 e. The van der Waals surface area contributed by atoms with Crippen LogP contribution in [0.2, 0.25) is 0 Å². The van der Waals surface area contributed by atoms with Gasteiger partial charge in [0.25, 0.3) is 0 Å². The van der Waals surface area contributed by atoms with E-state index in [1.807, 2.05) is 30.3 Å². The first kappa shape index (κ1) is 17.6. The number of nitro groups is 1. The first-order valence-electron chi connectivity index (χ1n) is 8.15. The van der Waals surface area contributed by atoms with Crippen LogP contribution in [-0.4, -0.2) is 47.1 Å². The molecule has 0 radical (unpaired) electrons. The Balaban J connectivity index is 1.93. The number of nitrogens with one attached hydrogen (secondary N) is 1. The third-order valence-corrected chi connectivity index (χ3v) is 4.09. The zero-order chi connectivity index (χ0) is 18.5. The number of anilines is 2. The second-order valence-corrected chi connectivity index (χ2v) is 5.82. The summed E-state index contributed by atoms with van der Waals surface area (Å²) in [6, 6.07) is 11.6. The van der Waals surface area contributed by atoms with Gasteiger partial charge < -0.3 is 15.3 Å². The molecule has 0 saturated heterocycles.